The molecule has 0 saturated heterocycles. The normalized spacial score (nSPS) is 11.3. The highest BCUT2D eigenvalue weighted by Crippen LogP contribution is 2.36. The van der Waals surface area contributed by atoms with E-state index < -0.39 is 0 Å². The molecule has 2 aromatic carbocycles. The van der Waals surface area contributed by atoms with Crippen molar-refractivity contribution in [2.75, 3.05) is 5.32 Å². The fraction of sp³-hybridized carbons (Fsp3) is 0.118. The quantitative estimate of drug-likeness (QED) is 0.411. The summed E-state index contributed by atoms with van der Waals surface area (Å²) < 4.78 is 0. The van der Waals surface area contributed by atoms with Gasteiger partial charge in [0, 0.05) is 16.1 Å². The van der Waals surface area contributed by atoms with Gasteiger partial charge in [-0.05, 0) is 55.9 Å². The van der Waals surface area contributed by atoms with Crippen molar-refractivity contribution in [1.29, 1.82) is 0 Å². The number of azo groups is 1. The summed E-state index contributed by atoms with van der Waals surface area (Å²) in [7, 11) is 0. The summed E-state index contributed by atoms with van der Waals surface area (Å²) in [4.78, 5) is 2.86. The van der Waals surface area contributed by atoms with Gasteiger partial charge < -0.3 is 15.4 Å². The zero-order valence-electron chi connectivity index (χ0n) is 13.1. The topological polar surface area (TPSA) is 72.8 Å². The molecule has 3 rings (SSSR count). The molecule has 3 aromatic rings. The lowest BCUT2D eigenvalue weighted by molar-refractivity contribution is 0.459. The van der Waals surface area contributed by atoms with E-state index >= 15 is 0 Å². The number of thiocarbonyl (C=S) groups is 1. The number of nitrogens with one attached hydrogen (secondary N) is 2. The molecule has 5 nitrogen and oxygen atoms in total. The Morgan fingerprint density at radius 3 is 2.83 bits per heavy atom. The molecule has 24 heavy (non-hydrogen) atoms. The Bertz CT molecular complexity index is 965. The fourth-order valence-corrected chi connectivity index (χ4v) is 2.68. The molecule has 0 bridgehead atoms. The third-order valence-corrected chi connectivity index (χ3v) is 4.25. The van der Waals surface area contributed by atoms with Crippen molar-refractivity contribution in [3.8, 4) is 5.88 Å². The van der Waals surface area contributed by atoms with Crippen LogP contribution in [0.25, 0.3) is 10.9 Å². The van der Waals surface area contributed by atoms with Crippen LogP contribution in [-0.4, -0.2) is 15.2 Å². The maximum absolute atomic E-state index is 10.0. The average molecular weight is 359 g/mol. The maximum Gasteiger partial charge on any atom is 0.218 e. The Labute approximate surface area is 149 Å². The molecule has 0 fully saturated rings. The molecule has 0 aliphatic carbocycles. The van der Waals surface area contributed by atoms with Crippen LogP contribution < -0.4 is 5.32 Å². The Balaban J connectivity index is 1.85. The highest BCUT2D eigenvalue weighted by atomic mass is 35.5. The van der Waals surface area contributed by atoms with Crippen LogP contribution >= 0.6 is 23.8 Å². The second-order valence-electron chi connectivity index (χ2n) is 5.41. The SMILES string of the molecule is Cc1ccc2[nH]c(O)c(N=NC(=S)Nc3cccc(Cl)c3C)c2c1. The minimum absolute atomic E-state index is 0.0407. The lowest BCUT2D eigenvalue weighted by Crippen LogP contribution is -2.06. The minimum atomic E-state index is -0.0407. The van der Waals surface area contributed by atoms with Crippen LogP contribution in [0.3, 0.4) is 0 Å². The molecule has 1 aromatic heterocycles. The fourth-order valence-electron chi connectivity index (χ4n) is 2.36. The zero-order chi connectivity index (χ0) is 17.3. The van der Waals surface area contributed by atoms with Crippen molar-refractivity contribution in [3.63, 3.8) is 0 Å². The van der Waals surface area contributed by atoms with Crippen LogP contribution in [0, 0.1) is 13.8 Å². The lowest BCUT2D eigenvalue weighted by Gasteiger charge is -2.07. The zero-order valence-corrected chi connectivity index (χ0v) is 14.7. The van der Waals surface area contributed by atoms with E-state index in [9.17, 15) is 5.11 Å². The molecular weight excluding hydrogens is 344 g/mol. The van der Waals surface area contributed by atoms with Crippen LogP contribution in [0.4, 0.5) is 11.4 Å². The van der Waals surface area contributed by atoms with Crippen LogP contribution in [0.1, 0.15) is 11.1 Å². The van der Waals surface area contributed by atoms with Crippen LogP contribution in [-0.2, 0) is 0 Å². The summed E-state index contributed by atoms with van der Waals surface area (Å²) >= 11 is 11.3. The van der Waals surface area contributed by atoms with Gasteiger partial charge in [0.05, 0.1) is 5.52 Å². The van der Waals surface area contributed by atoms with E-state index in [1.165, 1.54) is 0 Å². The van der Waals surface area contributed by atoms with Gasteiger partial charge in [0.2, 0.25) is 11.0 Å². The number of fused-ring (bicyclic) bond motifs is 1. The second kappa shape index (κ2) is 6.59. The van der Waals surface area contributed by atoms with Crippen molar-refractivity contribution >= 4 is 51.2 Å². The van der Waals surface area contributed by atoms with Crippen LogP contribution in [0.15, 0.2) is 46.6 Å². The average Bonchev–Trinajstić information content (AvgIpc) is 2.84. The highest BCUT2D eigenvalue weighted by molar-refractivity contribution is 7.80. The van der Waals surface area contributed by atoms with E-state index in [0.717, 1.165) is 27.7 Å². The van der Waals surface area contributed by atoms with Gasteiger partial charge in [0.15, 0.2) is 5.69 Å². The van der Waals surface area contributed by atoms with Gasteiger partial charge in [-0.15, -0.1) is 10.2 Å². The van der Waals surface area contributed by atoms with E-state index in [2.05, 4.69) is 20.5 Å². The summed E-state index contributed by atoms with van der Waals surface area (Å²) in [5.74, 6) is -0.0407. The molecule has 0 amide bonds. The first-order valence-electron chi connectivity index (χ1n) is 7.25. The molecule has 0 aliphatic heterocycles. The van der Waals surface area contributed by atoms with E-state index in [4.69, 9.17) is 23.8 Å². The summed E-state index contributed by atoms with van der Waals surface area (Å²) in [6.07, 6.45) is 0. The van der Waals surface area contributed by atoms with Crippen molar-refractivity contribution in [3.05, 3.63) is 52.5 Å². The van der Waals surface area contributed by atoms with Crippen molar-refractivity contribution in [2.24, 2.45) is 10.2 Å². The van der Waals surface area contributed by atoms with Crippen molar-refractivity contribution in [2.45, 2.75) is 13.8 Å². The first-order chi connectivity index (χ1) is 11.5. The summed E-state index contributed by atoms with van der Waals surface area (Å²) in [5, 5.41) is 22.7. The molecule has 0 unspecified atom stereocenters. The third kappa shape index (κ3) is 3.25. The molecule has 0 saturated carbocycles. The van der Waals surface area contributed by atoms with E-state index in [-0.39, 0.29) is 11.0 Å². The molecular formula is C17H15ClN4OS. The van der Waals surface area contributed by atoms with Gasteiger partial charge in [-0.25, -0.2) is 0 Å². The van der Waals surface area contributed by atoms with Crippen molar-refractivity contribution in [1.82, 2.24) is 4.98 Å². The number of H-pyrrole nitrogens is 1. The number of anilines is 1. The molecule has 0 spiro atoms. The van der Waals surface area contributed by atoms with E-state index in [0.29, 0.717) is 10.7 Å². The molecule has 0 radical (unpaired) electrons. The Kier molecular flexibility index (Phi) is 4.51. The number of aromatic nitrogens is 1. The maximum atomic E-state index is 10.0. The van der Waals surface area contributed by atoms with Gasteiger partial charge in [-0.1, -0.05) is 29.3 Å². The Morgan fingerprint density at radius 2 is 2.04 bits per heavy atom. The largest absolute Gasteiger partial charge is 0.493 e. The second-order valence-corrected chi connectivity index (χ2v) is 6.21. The molecule has 0 aliphatic rings. The number of hydrogen-bond acceptors (Lipinski definition) is 3. The van der Waals surface area contributed by atoms with Crippen molar-refractivity contribution < 1.29 is 5.11 Å². The first-order valence-corrected chi connectivity index (χ1v) is 8.03. The highest BCUT2D eigenvalue weighted by Gasteiger charge is 2.11. The van der Waals surface area contributed by atoms with Crippen LogP contribution in [0.2, 0.25) is 5.02 Å². The monoisotopic (exact) mass is 358 g/mol. The van der Waals surface area contributed by atoms with Crippen LogP contribution in [0.5, 0.6) is 5.88 Å². The summed E-state index contributed by atoms with van der Waals surface area (Å²) in [6, 6.07) is 11.3. The number of rotatable bonds is 2. The number of hydrogen-bond donors (Lipinski definition) is 3. The summed E-state index contributed by atoms with van der Waals surface area (Å²) in [6.45, 7) is 3.86. The van der Waals surface area contributed by atoms with Gasteiger partial charge >= 0.3 is 0 Å². The van der Waals surface area contributed by atoms with Gasteiger partial charge in [0.25, 0.3) is 0 Å². The van der Waals surface area contributed by atoms with E-state index in [1.807, 2.05) is 44.2 Å². The smallest absolute Gasteiger partial charge is 0.218 e. The number of aromatic hydroxyl groups is 1. The summed E-state index contributed by atoms with van der Waals surface area (Å²) in [5.41, 5.74) is 3.86. The first kappa shape index (κ1) is 16.4. The van der Waals surface area contributed by atoms with Gasteiger partial charge in [-0.2, -0.15) is 0 Å². The molecule has 122 valence electrons. The Morgan fingerprint density at radius 1 is 1.25 bits per heavy atom. The molecule has 1 heterocycles. The Hall–Kier alpha value is -2.44. The van der Waals surface area contributed by atoms with E-state index in [1.54, 1.807) is 6.07 Å². The van der Waals surface area contributed by atoms with Gasteiger partial charge in [0.1, 0.15) is 0 Å². The lowest BCUT2D eigenvalue weighted by atomic mass is 10.2. The predicted molar refractivity (Wildman–Crippen MR) is 102 cm³/mol. The number of nitrogens with zero attached hydrogens (tertiary/aromatic N) is 2. The number of benzene rings is 2. The number of aromatic amines is 1. The third-order valence-electron chi connectivity index (χ3n) is 3.66. The molecule has 7 heteroatoms. The molecule has 3 N–H and O–H groups in total. The number of halogens is 1. The predicted octanol–water partition coefficient (Wildman–Crippen LogP) is 5.62. The molecule has 0 atom stereocenters. The number of aryl methyl sites for hydroxylation is 1. The standard InChI is InChI=1S/C17H15ClN4OS/c1-9-6-7-14-11(8-9)15(16(23)19-14)21-22-17(24)20-13-5-3-4-12(18)10(13)2/h3-8,19,23H,1-2H3,(H,20,24). The van der Waals surface area contributed by atoms with Gasteiger partial charge in [-0.3, -0.25) is 0 Å². The minimum Gasteiger partial charge on any atom is -0.493 e.